The van der Waals surface area contributed by atoms with Crippen molar-refractivity contribution in [2.45, 2.75) is 86.4 Å². The van der Waals surface area contributed by atoms with Gasteiger partial charge in [-0.25, -0.2) is 9.97 Å². The maximum absolute atomic E-state index is 11.2. The molecule has 2 aromatic carbocycles. The molecule has 2 aliphatic rings. The number of rotatable bonds is 10. The van der Waals surface area contributed by atoms with Crippen molar-refractivity contribution in [2.24, 2.45) is 0 Å². The zero-order chi connectivity index (χ0) is 32.2. The molecule has 2 aromatic heterocycles. The van der Waals surface area contributed by atoms with E-state index in [4.69, 9.17) is 70.8 Å². The lowest BCUT2D eigenvalue weighted by Gasteiger charge is -2.33. The number of nitrogens with zero attached hydrogens (tertiary/aromatic N) is 4. The third kappa shape index (κ3) is 7.96. The molecule has 4 N–H and O–H groups in total. The van der Waals surface area contributed by atoms with Crippen LogP contribution in [-0.4, -0.2) is 60.7 Å². The van der Waals surface area contributed by atoms with Crippen LogP contribution in [0, 0.1) is 9.54 Å². The summed E-state index contributed by atoms with van der Waals surface area (Å²) in [7, 11) is 0. The lowest BCUT2D eigenvalue weighted by atomic mass is 9.89. The SMILES string of the molecule is CC.OC(Cc1ccccc1Cl)(Cn1[nH]cnc1=S)C1(Cl)CC1.OC(Cc1ccccc1Cl)(Cn1[nH]cnc1=S)C1(Cl)CC1. The van der Waals surface area contributed by atoms with E-state index < -0.39 is 21.0 Å². The highest BCUT2D eigenvalue weighted by Gasteiger charge is 2.59. The van der Waals surface area contributed by atoms with Crippen LogP contribution >= 0.6 is 70.8 Å². The second-order valence-electron chi connectivity index (χ2n) is 11.0. The van der Waals surface area contributed by atoms with Crippen LogP contribution in [0.2, 0.25) is 10.0 Å². The molecule has 2 unspecified atom stereocenters. The summed E-state index contributed by atoms with van der Waals surface area (Å²) in [6.07, 6.45) is 6.86. The lowest BCUT2D eigenvalue weighted by molar-refractivity contribution is 0.00694. The van der Waals surface area contributed by atoms with Crippen molar-refractivity contribution in [2.75, 3.05) is 0 Å². The molecule has 8 nitrogen and oxygen atoms in total. The molecule has 0 bridgehead atoms. The minimum Gasteiger partial charge on any atom is -0.386 e. The third-order valence-corrected chi connectivity index (χ3v) is 10.9. The summed E-state index contributed by atoms with van der Waals surface area (Å²) in [5, 5.41) is 29.4. The van der Waals surface area contributed by atoms with Crippen LogP contribution in [0.4, 0.5) is 0 Å². The maximum atomic E-state index is 11.2. The van der Waals surface area contributed by atoms with Crippen LogP contribution in [0.3, 0.4) is 0 Å². The summed E-state index contributed by atoms with van der Waals surface area (Å²) in [5.74, 6) is 0. The van der Waals surface area contributed by atoms with Gasteiger partial charge in [0.25, 0.3) is 0 Å². The topological polar surface area (TPSA) is 108 Å². The first-order chi connectivity index (χ1) is 20.9. The Morgan fingerprint density at radius 3 is 1.34 bits per heavy atom. The van der Waals surface area contributed by atoms with Crippen LogP contribution in [0.1, 0.15) is 50.7 Å². The first-order valence-electron chi connectivity index (χ1n) is 14.4. The predicted molar refractivity (Wildman–Crippen MR) is 182 cm³/mol. The number of aromatic amines is 2. The van der Waals surface area contributed by atoms with Crippen LogP contribution in [-0.2, 0) is 25.9 Å². The van der Waals surface area contributed by atoms with Crippen LogP contribution < -0.4 is 0 Å². The Morgan fingerprint density at radius 2 is 1.07 bits per heavy atom. The van der Waals surface area contributed by atoms with Gasteiger partial charge in [0.2, 0.25) is 9.54 Å². The molecule has 6 rings (SSSR count). The summed E-state index contributed by atoms with van der Waals surface area (Å²) in [6, 6.07) is 15.0. The van der Waals surface area contributed by atoms with Crippen molar-refractivity contribution in [1.82, 2.24) is 29.5 Å². The smallest absolute Gasteiger partial charge is 0.215 e. The van der Waals surface area contributed by atoms with Crippen molar-refractivity contribution in [3.05, 3.63) is 91.9 Å². The number of benzene rings is 2. The predicted octanol–water partition coefficient (Wildman–Crippen LogP) is 7.70. The van der Waals surface area contributed by atoms with Crippen LogP contribution in [0.5, 0.6) is 0 Å². The number of alkyl halides is 2. The fourth-order valence-electron chi connectivity index (χ4n) is 5.08. The van der Waals surface area contributed by atoms with Gasteiger partial charge in [-0.15, -0.1) is 23.2 Å². The molecule has 238 valence electrons. The fourth-order valence-corrected chi connectivity index (χ4v) is 6.27. The largest absolute Gasteiger partial charge is 0.386 e. The van der Waals surface area contributed by atoms with Crippen molar-refractivity contribution in [3.63, 3.8) is 0 Å². The molecule has 0 saturated heterocycles. The van der Waals surface area contributed by atoms with Crippen molar-refractivity contribution < 1.29 is 10.2 Å². The van der Waals surface area contributed by atoms with E-state index >= 15 is 0 Å². The Morgan fingerprint density at radius 1 is 0.727 bits per heavy atom. The molecule has 2 saturated carbocycles. The standard InChI is InChI=1S/2C14H15Cl2N3OS.C2H6/c2*15-11-4-2-1-3-10(11)7-14(20,13(16)5-6-13)8-19-12(21)17-9-18-19;1-2/h2*1-4,9,20H,5-8H2,(H,17,18,21);1-2H3. The molecule has 2 aliphatic carbocycles. The highest BCUT2D eigenvalue weighted by atomic mass is 35.5. The van der Waals surface area contributed by atoms with Gasteiger partial charge < -0.3 is 10.2 Å². The van der Waals surface area contributed by atoms with Crippen molar-refractivity contribution >= 4 is 70.8 Å². The molecule has 2 fully saturated rings. The number of H-pyrrole nitrogens is 2. The van der Waals surface area contributed by atoms with E-state index in [9.17, 15) is 10.2 Å². The molecule has 0 spiro atoms. The number of hydrogen-bond donors (Lipinski definition) is 4. The van der Waals surface area contributed by atoms with E-state index in [1.807, 2.05) is 62.4 Å². The van der Waals surface area contributed by atoms with E-state index in [1.165, 1.54) is 12.7 Å². The molecule has 2 heterocycles. The molecule has 14 heteroatoms. The Hall–Kier alpha value is -1.76. The van der Waals surface area contributed by atoms with Gasteiger partial charge in [-0.3, -0.25) is 19.6 Å². The molecular weight excluding hydrogens is 682 g/mol. The molecule has 4 aromatic rings. The van der Waals surface area contributed by atoms with Gasteiger partial charge in [-0.1, -0.05) is 73.4 Å². The van der Waals surface area contributed by atoms with E-state index in [1.54, 1.807) is 9.36 Å². The quantitative estimate of drug-likeness (QED) is 0.0990. The first kappa shape index (κ1) is 35.1. The van der Waals surface area contributed by atoms with Crippen molar-refractivity contribution in [3.8, 4) is 0 Å². The molecular formula is C30H36Cl4N6O2S2. The van der Waals surface area contributed by atoms with Gasteiger partial charge in [0, 0.05) is 22.9 Å². The van der Waals surface area contributed by atoms with E-state index in [0.29, 0.717) is 32.4 Å². The fraction of sp³-hybridized carbons (Fsp3) is 0.467. The Labute approximate surface area is 287 Å². The monoisotopic (exact) mass is 716 g/mol. The maximum Gasteiger partial charge on any atom is 0.215 e. The Kier molecular flexibility index (Phi) is 11.4. The van der Waals surface area contributed by atoms with E-state index in [0.717, 1.165) is 36.8 Å². The number of aromatic nitrogens is 6. The summed E-state index contributed by atoms with van der Waals surface area (Å²) in [6.45, 7) is 4.53. The number of hydrogen-bond acceptors (Lipinski definition) is 6. The normalized spacial score (nSPS) is 18.5. The van der Waals surface area contributed by atoms with Crippen molar-refractivity contribution in [1.29, 1.82) is 0 Å². The number of aliphatic hydroxyl groups is 2. The molecule has 0 amide bonds. The average molecular weight is 719 g/mol. The Bertz CT molecular complexity index is 1540. The van der Waals surface area contributed by atoms with Gasteiger partial charge in [0.1, 0.15) is 23.9 Å². The third-order valence-electron chi connectivity index (χ3n) is 8.01. The van der Waals surface area contributed by atoms with Gasteiger partial charge in [0.15, 0.2) is 0 Å². The Balaban J connectivity index is 0.000000190. The average Bonchev–Trinajstić information content (AvgIpc) is 3.87. The first-order valence-corrected chi connectivity index (χ1v) is 16.7. The van der Waals surface area contributed by atoms with E-state index in [2.05, 4.69) is 20.2 Å². The van der Waals surface area contributed by atoms with Gasteiger partial charge in [0.05, 0.1) is 22.8 Å². The molecule has 0 radical (unpaired) electrons. The second-order valence-corrected chi connectivity index (χ2v) is 14.0. The zero-order valence-electron chi connectivity index (χ0n) is 24.4. The molecule has 0 aliphatic heterocycles. The summed E-state index contributed by atoms with van der Waals surface area (Å²) < 4.78 is 4.06. The minimum absolute atomic E-state index is 0.264. The summed E-state index contributed by atoms with van der Waals surface area (Å²) in [5.41, 5.74) is -0.520. The van der Waals surface area contributed by atoms with E-state index in [-0.39, 0.29) is 13.1 Å². The molecule has 2 atom stereocenters. The number of halogens is 4. The van der Waals surface area contributed by atoms with Gasteiger partial charge in [-0.2, -0.15) is 0 Å². The lowest BCUT2D eigenvalue weighted by Crippen LogP contribution is -2.47. The van der Waals surface area contributed by atoms with Gasteiger partial charge in [-0.05, 0) is 73.4 Å². The summed E-state index contributed by atoms with van der Waals surface area (Å²) >= 11 is 35.8. The second kappa shape index (κ2) is 14.3. The summed E-state index contributed by atoms with van der Waals surface area (Å²) in [4.78, 5) is 6.67. The number of nitrogens with one attached hydrogen (secondary N) is 2. The minimum atomic E-state index is -1.13. The van der Waals surface area contributed by atoms with Crippen LogP contribution in [0.15, 0.2) is 61.2 Å². The zero-order valence-corrected chi connectivity index (χ0v) is 29.1. The van der Waals surface area contributed by atoms with Gasteiger partial charge >= 0.3 is 0 Å². The van der Waals surface area contributed by atoms with Crippen LogP contribution in [0.25, 0.3) is 0 Å². The highest BCUT2D eigenvalue weighted by Crippen LogP contribution is 2.54. The highest BCUT2D eigenvalue weighted by molar-refractivity contribution is 7.71. The molecule has 44 heavy (non-hydrogen) atoms.